The number of ether oxygens (including phenoxy) is 2. The molecule has 2 N–H and O–H groups in total. The fourth-order valence-corrected chi connectivity index (χ4v) is 1.53. The maximum Gasteiger partial charge on any atom is 0.407 e. The Balaban J connectivity index is 2.31. The average molecular weight is 245 g/mol. The number of amides is 1. The first-order valence-electron chi connectivity index (χ1n) is 5.62. The summed E-state index contributed by atoms with van der Waals surface area (Å²) in [5.41, 5.74) is -0.538. The highest BCUT2D eigenvalue weighted by Gasteiger charge is 2.28. The predicted molar refractivity (Wildman–Crippen MR) is 59.8 cm³/mol. The molecule has 0 unspecified atom stereocenters. The van der Waals surface area contributed by atoms with Crippen LogP contribution in [0, 0.1) is 0 Å². The third kappa shape index (κ3) is 5.04. The molecule has 1 fully saturated rings. The lowest BCUT2D eigenvalue weighted by Gasteiger charge is -2.28. The molecule has 0 aromatic heterocycles. The van der Waals surface area contributed by atoms with Crippen molar-refractivity contribution < 1.29 is 24.2 Å². The van der Waals surface area contributed by atoms with Gasteiger partial charge in [0.05, 0.1) is 12.6 Å². The van der Waals surface area contributed by atoms with Crippen LogP contribution in [0.15, 0.2) is 0 Å². The molecule has 1 rings (SSSR count). The van der Waals surface area contributed by atoms with E-state index in [0.29, 0.717) is 12.8 Å². The summed E-state index contributed by atoms with van der Waals surface area (Å²) in [7, 11) is 0. The number of carboxylic acids is 1. The fourth-order valence-electron chi connectivity index (χ4n) is 1.53. The van der Waals surface area contributed by atoms with Crippen LogP contribution in [-0.4, -0.2) is 41.5 Å². The molecule has 1 aliphatic heterocycles. The van der Waals surface area contributed by atoms with Crippen LogP contribution in [0.2, 0.25) is 0 Å². The standard InChI is InChI=1S/C11H19NO5/c1-11(2,3)17-10(15)12-7-4-5-8(9(13)14)16-6-7/h7-8H,4-6H2,1-3H3,(H,12,15)(H,13,14)/t7-,8-/m1/s1. The molecule has 6 heteroatoms. The normalized spacial score (nSPS) is 25.1. The van der Waals surface area contributed by atoms with E-state index in [-0.39, 0.29) is 12.6 Å². The summed E-state index contributed by atoms with van der Waals surface area (Å²) in [4.78, 5) is 22.1. The first-order valence-corrected chi connectivity index (χ1v) is 5.62. The van der Waals surface area contributed by atoms with Gasteiger partial charge in [-0.3, -0.25) is 0 Å². The minimum Gasteiger partial charge on any atom is -0.479 e. The van der Waals surface area contributed by atoms with Crippen molar-refractivity contribution in [2.75, 3.05) is 6.61 Å². The molecule has 0 spiro atoms. The number of aliphatic carboxylic acids is 1. The lowest BCUT2D eigenvalue weighted by atomic mass is 10.1. The second-order valence-electron chi connectivity index (χ2n) is 5.08. The highest BCUT2D eigenvalue weighted by Crippen LogP contribution is 2.14. The molecule has 2 atom stereocenters. The summed E-state index contributed by atoms with van der Waals surface area (Å²) in [6, 6.07) is -0.180. The van der Waals surface area contributed by atoms with E-state index in [2.05, 4.69) is 5.32 Å². The Labute approximate surface area is 100 Å². The molecular weight excluding hydrogens is 226 g/mol. The smallest absolute Gasteiger partial charge is 0.407 e. The van der Waals surface area contributed by atoms with E-state index in [1.165, 1.54) is 0 Å². The van der Waals surface area contributed by atoms with Gasteiger partial charge >= 0.3 is 12.1 Å². The second kappa shape index (κ2) is 5.35. The van der Waals surface area contributed by atoms with Crippen molar-refractivity contribution in [1.29, 1.82) is 0 Å². The topological polar surface area (TPSA) is 84.9 Å². The molecule has 98 valence electrons. The van der Waals surface area contributed by atoms with E-state index >= 15 is 0 Å². The van der Waals surface area contributed by atoms with E-state index < -0.39 is 23.8 Å². The highest BCUT2D eigenvalue weighted by atomic mass is 16.6. The lowest BCUT2D eigenvalue weighted by Crippen LogP contribution is -2.46. The van der Waals surface area contributed by atoms with Gasteiger partial charge in [0, 0.05) is 0 Å². The van der Waals surface area contributed by atoms with Crippen LogP contribution in [0.3, 0.4) is 0 Å². The molecule has 1 amide bonds. The third-order valence-electron chi connectivity index (χ3n) is 2.27. The van der Waals surface area contributed by atoms with Gasteiger partial charge < -0.3 is 19.9 Å². The van der Waals surface area contributed by atoms with Gasteiger partial charge in [0.15, 0.2) is 6.10 Å². The molecule has 0 radical (unpaired) electrons. The maximum absolute atomic E-state index is 11.4. The van der Waals surface area contributed by atoms with Gasteiger partial charge in [-0.1, -0.05) is 0 Å². The molecular formula is C11H19NO5. The van der Waals surface area contributed by atoms with Crippen molar-refractivity contribution >= 4 is 12.1 Å². The van der Waals surface area contributed by atoms with E-state index in [4.69, 9.17) is 14.6 Å². The Kier molecular flexibility index (Phi) is 4.34. The lowest BCUT2D eigenvalue weighted by molar-refractivity contribution is -0.153. The van der Waals surface area contributed by atoms with Gasteiger partial charge in [0.25, 0.3) is 0 Å². The quantitative estimate of drug-likeness (QED) is 0.762. The van der Waals surface area contributed by atoms with Crippen molar-refractivity contribution in [2.24, 2.45) is 0 Å². The number of hydrogen-bond donors (Lipinski definition) is 2. The van der Waals surface area contributed by atoms with Crippen molar-refractivity contribution in [1.82, 2.24) is 5.32 Å². The molecule has 0 aromatic carbocycles. The van der Waals surface area contributed by atoms with Crippen LogP contribution in [0.4, 0.5) is 4.79 Å². The summed E-state index contributed by atoms with van der Waals surface area (Å²) in [6.45, 7) is 5.55. The summed E-state index contributed by atoms with van der Waals surface area (Å²) in [5.74, 6) is -0.958. The maximum atomic E-state index is 11.4. The van der Waals surface area contributed by atoms with Crippen molar-refractivity contribution in [3.05, 3.63) is 0 Å². The Bertz CT molecular complexity index is 289. The van der Waals surface area contributed by atoms with Gasteiger partial charge in [-0.25, -0.2) is 9.59 Å². The zero-order chi connectivity index (χ0) is 13.1. The van der Waals surface area contributed by atoms with Gasteiger partial charge in [0.1, 0.15) is 5.60 Å². The number of carboxylic acid groups (broad SMARTS) is 1. The van der Waals surface area contributed by atoms with Gasteiger partial charge in [-0.05, 0) is 33.6 Å². The third-order valence-corrected chi connectivity index (χ3v) is 2.27. The molecule has 1 saturated heterocycles. The van der Waals surface area contributed by atoms with Crippen LogP contribution in [0.1, 0.15) is 33.6 Å². The summed E-state index contributed by atoms with van der Waals surface area (Å²) in [5, 5.41) is 11.4. The van der Waals surface area contributed by atoms with E-state index in [1.807, 2.05) is 0 Å². The average Bonchev–Trinajstić information content (AvgIpc) is 2.15. The number of rotatable bonds is 2. The first kappa shape index (κ1) is 13.8. The van der Waals surface area contributed by atoms with Crippen molar-refractivity contribution in [3.63, 3.8) is 0 Å². The molecule has 17 heavy (non-hydrogen) atoms. The Morgan fingerprint density at radius 3 is 2.41 bits per heavy atom. The van der Waals surface area contributed by atoms with E-state index in [1.54, 1.807) is 20.8 Å². The van der Waals surface area contributed by atoms with E-state index in [9.17, 15) is 9.59 Å². The van der Waals surface area contributed by atoms with E-state index in [0.717, 1.165) is 0 Å². The minimum absolute atomic E-state index is 0.180. The van der Waals surface area contributed by atoms with Gasteiger partial charge in [-0.15, -0.1) is 0 Å². The molecule has 6 nitrogen and oxygen atoms in total. The number of alkyl carbamates (subject to hydrolysis) is 1. The van der Waals surface area contributed by atoms with Crippen molar-refractivity contribution in [3.8, 4) is 0 Å². The molecule has 1 heterocycles. The van der Waals surface area contributed by atoms with Crippen LogP contribution < -0.4 is 5.32 Å². The molecule has 0 bridgehead atoms. The number of nitrogens with one attached hydrogen (secondary N) is 1. The van der Waals surface area contributed by atoms with Crippen LogP contribution in [0.25, 0.3) is 0 Å². The van der Waals surface area contributed by atoms with Gasteiger partial charge in [0.2, 0.25) is 0 Å². The predicted octanol–water partition coefficient (Wildman–Crippen LogP) is 1.14. The molecule has 1 aliphatic rings. The number of hydrogen-bond acceptors (Lipinski definition) is 4. The Morgan fingerprint density at radius 1 is 1.35 bits per heavy atom. The van der Waals surface area contributed by atoms with Crippen LogP contribution in [-0.2, 0) is 14.3 Å². The zero-order valence-electron chi connectivity index (χ0n) is 10.4. The summed E-state index contributed by atoms with van der Waals surface area (Å²) < 4.78 is 10.2. The SMILES string of the molecule is CC(C)(C)OC(=O)N[C@@H]1CC[C@H](C(=O)O)OC1. The van der Waals surface area contributed by atoms with Crippen LogP contribution >= 0.6 is 0 Å². The monoisotopic (exact) mass is 245 g/mol. The van der Waals surface area contributed by atoms with Crippen LogP contribution in [0.5, 0.6) is 0 Å². The molecule has 0 saturated carbocycles. The Hall–Kier alpha value is -1.30. The molecule has 0 aliphatic carbocycles. The number of carbonyl (C=O) groups is 2. The molecule has 0 aromatic rings. The first-order chi connectivity index (χ1) is 7.78. The fraction of sp³-hybridized carbons (Fsp3) is 0.818. The number of carbonyl (C=O) groups excluding carboxylic acids is 1. The largest absolute Gasteiger partial charge is 0.479 e. The summed E-state index contributed by atoms with van der Waals surface area (Å²) >= 11 is 0. The minimum atomic E-state index is -0.958. The highest BCUT2D eigenvalue weighted by molar-refractivity contribution is 5.72. The summed E-state index contributed by atoms with van der Waals surface area (Å²) in [6.07, 6.45) is -0.280. The second-order valence-corrected chi connectivity index (χ2v) is 5.08. The van der Waals surface area contributed by atoms with Gasteiger partial charge in [-0.2, -0.15) is 0 Å². The Morgan fingerprint density at radius 2 is 2.00 bits per heavy atom. The van der Waals surface area contributed by atoms with Crippen molar-refractivity contribution in [2.45, 2.75) is 51.4 Å². The zero-order valence-corrected chi connectivity index (χ0v) is 10.4.